The van der Waals surface area contributed by atoms with Gasteiger partial charge in [-0.05, 0) is 11.6 Å². The van der Waals surface area contributed by atoms with Crippen molar-refractivity contribution in [1.29, 1.82) is 0 Å². The molecule has 0 unspecified atom stereocenters. The van der Waals surface area contributed by atoms with Crippen LogP contribution in [-0.4, -0.2) is 6.54 Å². The normalized spacial score (nSPS) is 14.2. The molecule has 0 aromatic heterocycles. The molecule has 0 fully saturated rings. The summed E-state index contributed by atoms with van der Waals surface area (Å²) in [7, 11) is 0. The van der Waals surface area contributed by atoms with Gasteiger partial charge in [0.05, 0.1) is 0 Å². The number of fused-ring (bicyclic) bond motifs is 1. The molecule has 0 spiro atoms. The fraction of sp³-hybridized carbons (Fsp3) is 0.0667. The first-order chi connectivity index (χ1) is 8.36. The number of benzene rings is 2. The number of para-hydroxylation sites is 1. The number of anilines is 1. The van der Waals surface area contributed by atoms with Gasteiger partial charge in [-0.3, -0.25) is 0 Å². The second kappa shape index (κ2) is 4.38. The van der Waals surface area contributed by atoms with Crippen molar-refractivity contribution < 1.29 is 0 Å². The van der Waals surface area contributed by atoms with E-state index < -0.39 is 0 Å². The van der Waals surface area contributed by atoms with Crippen molar-refractivity contribution >= 4 is 27.2 Å². The molecule has 0 amide bonds. The van der Waals surface area contributed by atoms with Crippen LogP contribution < -0.4 is 5.32 Å². The summed E-state index contributed by atoms with van der Waals surface area (Å²) in [5, 5.41) is 3.41. The SMILES string of the molecule is BrC1=C(c2ccccc2)c2ccccc2NC1. The molecule has 1 heterocycles. The summed E-state index contributed by atoms with van der Waals surface area (Å²) in [5.74, 6) is 0. The predicted octanol–water partition coefficient (Wildman–Crippen LogP) is 4.27. The van der Waals surface area contributed by atoms with Crippen LogP contribution in [0.2, 0.25) is 0 Å². The Kier molecular flexibility index (Phi) is 2.73. The summed E-state index contributed by atoms with van der Waals surface area (Å²) in [6.45, 7) is 0.848. The molecule has 1 nitrogen and oxygen atoms in total. The quantitative estimate of drug-likeness (QED) is 0.825. The van der Waals surface area contributed by atoms with Crippen molar-refractivity contribution in [1.82, 2.24) is 0 Å². The van der Waals surface area contributed by atoms with E-state index in [4.69, 9.17) is 0 Å². The van der Waals surface area contributed by atoms with E-state index in [9.17, 15) is 0 Å². The Hall–Kier alpha value is -1.54. The first-order valence-corrected chi connectivity index (χ1v) is 6.43. The van der Waals surface area contributed by atoms with E-state index in [1.807, 2.05) is 6.07 Å². The zero-order valence-electron chi connectivity index (χ0n) is 9.28. The molecule has 0 radical (unpaired) electrons. The van der Waals surface area contributed by atoms with Crippen LogP contribution in [0.3, 0.4) is 0 Å². The van der Waals surface area contributed by atoms with Crippen LogP contribution in [0.25, 0.3) is 5.57 Å². The molecule has 0 saturated heterocycles. The third-order valence-corrected chi connectivity index (χ3v) is 3.64. The molecular formula is C15H12BrN. The lowest BCUT2D eigenvalue weighted by Gasteiger charge is -2.22. The highest BCUT2D eigenvalue weighted by molar-refractivity contribution is 9.11. The van der Waals surface area contributed by atoms with Gasteiger partial charge in [0, 0.05) is 27.9 Å². The van der Waals surface area contributed by atoms with E-state index in [0.29, 0.717) is 0 Å². The third-order valence-electron chi connectivity index (χ3n) is 2.96. The summed E-state index contributed by atoms with van der Waals surface area (Å²) in [4.78, 5) is 0. The van der Waals surface area contributed by atoms with Crippen molar-refractivity contribution in [2.24, 2.45) is 0 Å². The first-order valence-electron chi connectivity index (χ1n) is 5.63. The Morgan fingerprint density at radius 3 is 2.41 bits per heavy atom. The minimum atomic E-state index is 0.848. The Morgan fingerprint density at radius 2 is 1.59 bits per heavy atom. The van der Waals surface area contributed by atoms with E-state index in [-0.39, 0.29) is 0 Å². The van der Waals surface area contributed by atoms with E-state index in [1.54, 1.807) is 0 Å². The second-order valence-corrected chi connectivity index (χ2v) is 5.00. The maximum absolute atomic E-state index is 3.68. The van der Waals surface area contributed by atoms with Crippen LogP contribution in [0, 0.1) is 0 Å². The van der Waals surface area contributed by atoms with Gasteiger partial charge in [-0.1, -0.05) is 64.5 Å². The van der Waals surface area contributed by atoms with Crippen LogP contribution >= 0.6 is 15.9 Å². The van der Waals surface area contributed by atoms with E-state index >= 15 is 0 Å². The smallest absolute Gasteiger partial charge is 0.0473 e. The van der Waals surface area contributed by atoms with Crippen molar-refractivity contribution in [3.63, 3.8) is 0 Å². The lowest BCUT2D eigenvalue weighted by molar-refractivity contribution is 1.27. The minimum Gasteiger partial charge on any atom is -0.380 e. The maximum atomic E-state index is 3.68. The molecule has 2 heteroatoms. The van der Waals surface area contributed by atoms with Gasteiger partial charge in [-0.25, -0.2) is 0 Å². The Bertz CT molecular complexity index is 572. The Morgan fingerprint density at radius 1 is 0.882 bits per heavy atom. The number of hydrogen-bond acceptors (Lipinski definition) is 1. The third kappa shape index (κ3) is 1.89. The Labute approximate surface area is 109 Å². The van der Waals surface area contributed by atoms with Gasteiger partial charge in [0.1, 0.15) is 0 Å². The minimum absolute atomic E-state index is 0.848. The van der Waals surface area contributed by atoms with Gasteiger partial charge in [-0.15, -0.1) is 0 Å². The molecule has 2 aromatic rings. The maximum Gasteiger partial charge on any atom is 0.0473 e. The van der Waals surface area contributed by atoms with Crippen LogP contribution in [0.1, 0.15) is 11.1 Å². The van der Waals surface area contributed by atoms with E-state index in [0.717, 1.165) is 6.54 Å². The van der Waals surface area contributed by atoms with Gasteiger partial charge in [-0.2, -0.15) is 0 Å². The predicted molar refractivity (Wildman–Crippen MR) is 76.3 cm³/mol. The monoisotopic (exact) mass is 285 g/mol. The molecule has 1 N–H and O–H groups in total. The van der Waals surface area contributed by atoms with Crippen LogP contribution in [-0.2, 0) is 0 Å². The van der Waals surface area contributed by atoms with Gasteiger partial charge < -0.3 is 5.32 Å². The highest BCUT2D eigenvalue weighted by Crippen LogP contribution is 2.37. The summed E-state index contributed by atoms with van der Waals surface area (Å²) < 4.78 is 1.21. The molecule has 2 aromatic carbocycles. The average molecular weight is 286 g/mol. The fourth-order valence-corrected chi connectivity index (χ4v) is 2.76. The largest absolute Gasteiger partial charge is 0.380 e. The molecule has 17 heavy (non-hydrogen) atoms. The van der Waals surface area contributed by atoms with E-state index in [2.05, 4.69) is 69.8 Å². The lowest BCUT2D eigenvalue weighted by Crippen LogP contribution is -2.11. The summed E-state index contributed by atoms with van der Waals surface area (Å²) >= 11 is 3.68. The standard InChI is InChI=1S/C15H12BrN/c16-13-10-17-14-9-5-4-8-12(14)15(13)11-6-2-1-3-7-11/h1-9,17H,10H2. The summed E-state index contributed by atoms with van der Waals surface area (Å²) in [6, 6.07) is 18.9. The molecule has 0 atom stereocenters. The van der Waals surface area contributed by atoms with Crippen molar-refractivity contribution in [2.45, 2.75) is 0 Å². The van der Waals surface area contributed by atoms with Crippen LogP contribution in [0.4, 0.5) is 5.69 Å². The topological polar surface area (TPSA) is 12.0 Å². The molecule has 1 aliphatic rings. The lowest BCUT2D eigenvalue weighted by atomic mass is 9.94. The fourth-order valence-electron chi connectivity index (χ4n) is 2.18. The molecule has 0 saturated carbocycles. The molecule has 1 aliphatic heterocycles. The number of rotatable bonds is 1. The number of halogens is 1. The second-order valence-electron chi connectivity index (χ2n) is 4.05. The Balaban J connectivity index is 2.21. The molecule has 0 bridgehead atoms. The van der Waals surface area contributed by atoms with E-state index in [1.165, 1.54) is 26.9 Å². The highest BCUT2D eigenvalue weighted by Gasteiger charge is 2.17. The molecule has 3 rings (SSSR count). The average Bonchev–Trinajstić information content (AvgIpc) is 2.39. The van der Waals surface area contributed by atoms with Gasteiger partial charge in [0.2, 0.25) is 0 Å². The molecule has 84 valence electrons. The summed E-state index contributed by atoms with van der Waals surface area (Å²) in [5.41, 5.74) is 5.01. The molecular weight excluding hydrogens is 274 g/mol. The highest BCUT2D eigenvalue weighted by atomic mass is 79.9. The van der Waals surface area contributed by atoms with Gasteiger partial charge in [0.25, 0.3) is 0 Å². The zero-order chi connectivity index (χ0) is 11.7. The van der Waals surface area contributed by atoms with Crippen LogP contribution in [0.5, 0.6) is 0 Å². The van der Waals surface area contributed by atoms with Crippen molar-refractivity contribution in [3.05, 3.63) is 70.2 Å². The first kappa shape index (κ1) is 10.6. The molecule has 0 aliphatic carbocycles. The van der Waals surface area contributed by atoms with Gasteiger partial charge in [0.15, 0.2) is 0 Å². The number of nitrogens with one attached hydrogen (secondary N) is 1. The summed E-state index contributed by atoms with van der Waals surface area (Å²) in [6.07, 6.45) is 0. The van der Waals surface area contributed by atoms with Crippen LogP contribution in [0.15, 0.2) is 59.1 Å². The van der Waals surface area contributed by atoms with Crippen molar-refractivity contribution in [3.8, 4) is 0 Å². The van der Waals surface area contributed by atoms with Crippen molar-refractivity contribution in [2.75, 3.05) is 11.9 Å². The zero-order valence-corrected chi connectivity index (χ0v) is 10.9. The van der Waals surface area contributed by atoms with Gasteiger partial charge >= 0.3 is 0 Å². The number of hydrogen-bond donors (Lipinski definition) is 1.